The summed E-state index contributed by atoms with van der Waals surface area (Å²) in [6, 6.07) is 6.59. The van der Waals surface area contributed by atoms with Crippen LogP contribution in [-0.2, 0) is 0 Å². The van der Waals surface area contributed by atoms with Gasteiger partial charge in [-0.3, -0.25) is 0 Å². The van der Waals surface area contributed by atoms with Gasteiger partial charge in [-0.05, 0) is 50.4 Å². The molecular weight excluding hydrogens is 250 g/mol. The molecule has 1 aromatic rings. The third kappa shape index (κ3) is 5.41. The summed E-state index contributed by atoms with van der Waals surface area (Å²) < 4.78 is 11.6. The van der Waals surface area contributed by atoms with Crippen LogP contribution in [0.5, 0.6) is 11.5 Å². The van der Waals surface area contributed by atoms with Crippen molar-refractivity contribution in [2.24, 2.45) is 0 Å². The molecule has 1 N–H and O–H groups in total. The summed E-state index contributed by atoms with van der Waals surface area (Å²) in [6.07, 6.45) is 3.14. The van der Waals surface area contributed by atoms with Crippen molar-refractivity contribution in [2.75, 3.05) is 19.8 Å². The Kier molecular flexibility index (Phi) is 8.12. The molecule has 114 valence electrons. The van der Waals surface area contributed by atoms with Gasteiger partial charge in [0.1, 0.15) is 0 Å². The Morgan fingerprint density at radius 2 is 1.60 bits per heavy atom. The van der Waals surface area contributed by atoms with Crippen molar-refractivity contribution in [3.8, 4) is 11.5 Å². The van der Waals surface area contributed by atoms with Crippen molar-refractivity contribution in [1.29, 1.82) is 0 Å². The molecule has 0 aromatic heterocycles. The van der Waals surface area contributed by atoms with Crippen molar-refractivity contribution >= 4 is 0 Å². The Labute approximate surface area is 123 Å². The van der Waals surface area contributed by atoms with Crippen LogP contribution >= 0.6 is 0 Å². The van der Waals surface area contributed by atoms with E-state index >= 15 is 0 Å². The number of nitrogens with one attached hydrogen (secondary N) is 1. The van der Waals surface area contributed by atoms with Gasteiger partial charge in [0.25, 0.3) is 0 Å². The fraction of sp³-hybridized carbons (Fsp3) is 0.647. The van der Waals surface area contributed by atoms with Crippen LogP contribution in [0.15, 0.2) is 18.2 Å². The quantitative estimate of drug-likeness (QED) is 0.691. The van der Waals surface area contributed by atoms with Crippen LogP contribution in [0.25, 0.3) is 0 Å². The van der Waals surface area contributed by atoms with Crippen LogP contribution in [-0.4, -0.2) is 19.8 Å². The van der Waals surface area contributed by atoms with E-state index in [1.807, 2.05) is 6.07 Å². The zero-order valence-corrected chi connectivity index (χ0v) is 13.4. The number of benzene rings is 1. The fourth-order valence-corrected chi connectivity index (χ4v) is 1.93. The summed E-state index contributed by atoms with van der Waals surface area (Å²) in [4.78, 5) is 0. The Bertz CT molecular complexity index is 379. The number of hydrogen-bond donors (Lipinski definition) is 1. The van der Waals surface area contributed by atoms with Crippen LogP contribution < -0.4 is 14.8 Å². The Morgan fingerprint density at radius 3 is 2.20 bits per heavy atom. The van der Waals surface area contributed by atoms with Gasteiger partial charge in [0.2, 0.25) is 0 Å². The summed E-state index contributed by atoms with van der Waals surface area (Å²) in [7, 11) is 0. The second-order valence-corrected chi connectivity index (χ2v) is 5.08. The first kappa shape index (κ1) is 16.8. The minimum atomic E-state index is 0.333. The Balaban J connectivity index is 2.82. The molecule has 3 heteroatoms. The largest absolute Gasteiger partial charge is 0.490 e. The molecule has 0 radical (unpaired) electrons. The lowest BCUT2D eigenvalue weighted by Gasteiger charge is -2.17. The van der Waals surface area contributed by atoms with E-state index in [1.165, 1.54) is 5.56 Å². The minimum absolute atomic E-state index is 0.333. The highest BCUT2D eigenvalue weighted by Crippen LogP contribution is 2.31. The molecule has 0 aliphatic heterocycles. The van der Waals surface area contributed by atoms with Crippen molar-refractivity contribution in [3.63, 3.8) is 0 Å². The third-order valence-electron chi connectivity index (χ3n) is 3.09. The standard InChI is InChI=1S/C17H29NO2/c1-5-10-18-14(4)15-8-9-16(19-11-6-2)17(13-15)20-12-7-3/h8-9,13-14,18H,5-7,10-12H2,1-4H3. The van der Waals surface area contributed by atoms with Gasteiger partial charge in [-0.15, -0.1) is 0 Å². The SMILES string of the molecule is CCCNC(C)c1ccc(OCCC)c(OCCC)c1. The molecule has 0 fully saturated rings. The van der Waals surface area contributed by atoms with Gasteiger partial charge in [-0.2, -0.15) is 0 Å². The van der Waals surface area contributed by atoms with E-state index in [0.717, 1.165) is 50.5 Å². The Hall–Kier alpha value is -1.22. The molecule has 3 nitrogen and oxygen atoms in total. The van der Waals surface area contributed by atoms with E-state index in [0.29, 0.717) is 6.04 Å². The highest BCUT2D eigenvalue weighted by Gasteiger charge is 2.10. The molecule has 0 saturated carbocycles. The molecule has 0 heterocycles. The van der Waals surface area contributed by atoms with Gasteiger partial charge >= 0.3 is 0 Å². The van der Waals surface area contributed by atoms with E-state index in [-0.39, 0.29) is 0 Å². The predicted octanol–water partition coefficient (Wildman–Crippen LogP) is 4.32. The van der Waals surface area contributed by atoms with E-state index in [2.05, 4.69) is 45.1 Å². The molecule has 0 aliphatic rings. The van der Waals surface area contributed by atoms with Crippen LogP contribution in [0.4, 0.5) is 0 Å². The highest BCUT2D eigenvalue weighted by atomic mass is 16.5. The molecule has 0 bridgehead atoms. The number of ether oxygens (including phenoxy) is 2. The van der Waals surface area contributed by atoms with Crippen molar-refractivity contribution in [1.82, 2.24) is 5.32 Å². The second kappa shape index (κ2) is 9.65. The van der Waals surface area contributed by atoms with E-state index < -0.39 is 0 Å². The monoisotopic (exact) mass is 279 g/mol. The van der Waals surface area contributed by atoms with Gasteiger partial charge in [0.15, 0.2) is 11.5 Å². The molecule has 0 spiro atoms. The topological polar surface area (TPSA) is 30.5 Å². The molecule has 0 aliphatic carbocycles. The average Bonchev–Trinajstić information content (AvgIpc) is 2.48. The smallest absolute Gasteiger partial charge is 0.161 e. The van der Waals surface area contributed by atoms with Gasteiger partial charge in [0.05, 0.1) is 13.2 Å². The first-order chi connectivity index (χ1) is 9.72. The highest BCUT2D eigenvalue weighted by molar-refractivity contribution is 5.43. The average molecular weight is 279 g/mol. The molecule has 1 rings (SSSR count). The maximum absolute atomic E-state index is 5.83. The van der Waals surface area contributed by atoms with E-state index in [1.54, 1.807) is 0 Å². The lowest BCUT2D eigenvalue weighted by atomic mass is 10.1. The van der Waals surface area contributed by atoms with Crippen molar-refractivity contribution in [3.05, 3.63) is 23.8 Å². The van der Waals surface area contributed by atoms with Crippen LogP contribution in [0, 0.1) is 0 Å². The van der Waals surface area contributed by atoms with Gasteiger partial charge in [0, 0.05) is 6.04 Å². The second-order valence-electron chi connectivity index (χ2n) is 5.08. The molecule has 0 amide bonds. The lowest BCUT2D eigenvalue weighted by molar-refractivity contribution is 0.268. The summed E-state index contributed by atoms with van der Waals surface area (Å²) in [6.45, 7) is 11.1. The normalized spacial score (nSPS) is 12.2. The van der Waals surface area contributed by atoms with Crippen LogP contribution in [0.1, 0.15) is 58.6 Å². The maximum atomic E-state index is 5.83. The van der Waals surface area contributed by atoms with E-state index in [9.17, 15) is 0 Å². The summed E-state index contributed by atoms with van der Waals surface area (Å²) in [5, 5.41) is 3.50. The first-order valence-electron chi connectivity index (χ1n) is 7.85. The molecule has 20 heavy (non-hydrogen) atoms. The van der Waals surface area contributed by atoms with Gasteiger partial charge < -0.3 is 14.8 Å². The molecule has 1 aromatic carbocycles. The van der Waals surface area contributed by atoms with Crippen molar-refractivity contribution in [2.45, 2.75) is 53.0 Å². The zero-order valence-electron chi connectivity index (χ0n) is 13.4. The van der Waals surface area contributed by atoms with Gasteiger partial charge in [-0.25, -0.2) is 0 Å². The molecule has 1 unspecified atom stereocenters. The van der Waals surface area contributed by atoms with Crippen molar-refractivity contribution < 1.29 is 9.47 Å². The van der Waals surface area contributed by atoms with E-state index in [4.69, 9.17) is 9.47 Å². The molecular formula is C17H29NO2. The third-order valence-corrected chi connectivity index (χ3v) is 3.09. The summed E-state index contributed by atoms with van der Waals surface area (Å²) in [5.74, 6) is 1.72. The number of rotatable bonds is 10. The predicted molar refractivity (Wildman–Crippen MR) is 84.7 cm³/mol. The zero-order chi connectivity index (χ0) is 14.8. The minimum Gasteiger partial charge on any atom is -0.490 e. The first-order valence-corrected chi connectivity index (χ1v) is 7.85. The maximum Gasteiger partial charge on any atom is 0.161 e. The summed E-state index contributed by atoms with van der Waals surface area (Å²) >= 11 is 0. The fourth-order valence-electron chi connectivity index (χ4n) is 1.93. The summed E-state index contributed by atoms with van der Waals surface area (Å²) in [5.41, 5.74) is 1.24. The lowest BCUT2D eigenvalue weighted by Crippen LogP contribution is -2.19. The molecule has 0 saturated heterocycles. The Morgan fingerprint density at radius 1 is 0.950 bits per heavy atom. The molecule has 1 atom stereocenters. The van der Waals surface area contributed by atoms with Crippen LogP contribution in [0.2, 0.25) is 0 Å². The van der Waals surface area contributed by atoms with Crippen LogP contribution in [0.3, 0.4) is 0 Å². The number of hydrogen-bond acceptors (Lipinski definition) is 3. The van der Waals surface area contributed by atoms with Gasteiger partial charge in [-0.1, -0.05) is 26.8 Å².